The number of halogens is 4. The largest absolute Gasteiger partial charge is 0.416 e. The normalized spacial score (nSPS) is 19.7. The Kier molecular flexibility index (Phi) is 4.73. The van der Waals surface area contributed by atoms with Gasteiger partial charge in [0, 0.05) is 22.7 Å². The maximum Gasteiger partial charge on any atom is 0.416 e. The average molecular weight is 337 g/mol. The molecule has 19 heavy (non-hydrogen) atoms. The van der Waals surface area contributed by atoms with Crippen LogP contribution in [0.3, 0.4) is 0 Å². The lowest BCUT2D eigenvalue weighted by atomic mass is 10.1. The van der Waals surface area contributed by atoms with Gasteiger partial charge in [-0.1, -0.05) is 0 Å². The van der Waals surface area contributed by atoms with Crippen LogP contribution in [0.25, 0.3) is 0 Å². The van der Waals surface area contributed by atoms with Crippen LogP contribution in [0.5, 0.6) is 0 Å². The Labute approximate surface area is 118 Å². The molecule has 1 saturated heterocycles. The first-order chi connectivity index (χ1) is 8.97. The minimum atomic E-state index is -4.30. The molecular weight excluding hydrogens is 321 g/mol. The van der Waals surface area contributed by atoms with Gasteiger partial charge in [-0.05, 0) is 59.9 Å². The quantitative estimate of drug-likeness (QED) is 0.867. The number of benzene rings is 1. The molecule has 0 unspecified atom stereocenters. The van der Waals surface area contributed by atoms with Crippen LogP contribution in [-0.2, 0) is 6.18 Å². The van der Waals surface area contributed by atoms with Gasteiger partial charge in [0.2, 0.25) is 0 Å². The summed E-state index contributed by atoms with van der Waals surface area (Å²) < 4.78 is 38.0. The van der Waals surface area contributed by atoms with Crippen molar-refractivity contribution in [2.75, 3.05) is 18.4 Å². The van der Waals surface area contributed by atoms with E-state index < -0.39 is 11.7 Å². The fourth-order valence-electron chi connectivity index (χ4n) is 2.22. The predicted octanol–water partition coefficient (Wildman–Crippen LogP) is 4.02. The zero-order chi connectivity index (χ0) is 13.9. The molecular formula is C13H16BrF3N2. The minimum Gasteiger partial charge on any atom is -0.384 e. The molecule has 0 amide bonds. The summed E-state index contributed by atoms with van der Waals surface area (Å²) in [4.78, 5) is 0. The summed E-state index contributed by atoms with van der Waals surface area (Å²) in [6.07, 6.45) is -0.938. The lowest BCUT2D eigenvalue weighted by Crippen LogP contribution is -2.24. The summed E-state index contributed by atoms with van der Waals surface area (Å²) >= 11 is 3.18. The Bertz CT molecular complexity index is 428. The highest BCUT2D eigenvalue weighted by molar-refractivity contribution is 9.10. The van der Waals surface area contributed by atoms with E-state index in [4.69, 9.17) is 0 Å². The van der Waals surface area contributed by atoms with Crippen LogP contribution >= 0.6 is 15.9 Å². The zero-order valence-electron chi connectivity index (χ0n) is 10.4. The van der Waals surface area contributed by atoms with Crippen molar-refractivity contribution in [1.82, 2.24) is 5.32 Å². The molecule has 106 valence electrons. The predicted molar refractivity (Wildman–Crippen MR) is 73.3 cm³/mol. The van der Waals surface area contributed by atoms with Crippen LogP contribution < -0.4 is 10.6 Å². The molecule has 6 heteroatoms. The molecule has 0 bridgehead atoms. The average Bonchev–Trinajstić information content (AvgIpc) is 2.83. The van der Waals surface area contributed by atoms with Gasteiger partial charge in [0.1, 0.15) is 0 Å². The van der Waals surface area contributed by atoms with E-state index in [0.717, 1.165) is 31.6 Å². The van der Waals surface area contributed by atoms with E-state index in [0.29, 0.717) is 16.2 Å². The summed E-state index contributed by atoms with van der Waals surface area (Å²) in [6.45, 7) is 1.82. The summed E-state index contributed by atoms with van der Waals surface area (Å²) in [5.41, 5.74) is 0.0633. The molecule has 0 spiro atoms. The van der Waals surface area contributed by atoms with Gasteiger partial charge in [0.15, 0.2) is 0 Å². The van der Waals surface area contributed by atoms with Crippen LogP contribution in [0, 0.1) is 0 Å². The van der Waals surface area contributed by atoms with Gasteiger partial charge in [0.05, 0.1) is 5.56 Å². The molecule has 1 aromatic rings. The molecule has 1 aliphatic heterocycles. The van der Waals surface area contributed by atoms with Gasteiger partial charge >= 0.3 is 6.18 Å². The first-order valence-corrected chi connectivity index (χ1v) is 7.10. The van der Waals surface area contributed by atoms with Gasteiger partial charge < -0.3 is 10.6 Å². The van der Waals surface area contributed by atoms with Crippen LogP contribution in [0.15, 0.2) is 22.7 Å². The molecule has 2 N–H and O–H groups in total. The first-order valence-electron chi connectivity index (χ1n) is 6.31. The number of rotatable bonds is 4. The highest BCUT2D eigenvalue weighted by Crippen LogP contribution is 2.33. The molecule has 1 aliphatic rings. The topological polar surface area (TPSA) is 24.1 Å². The van der Waals surface area contributed by atoms with Crippen LogP contribution in [-0.4, -0.2) is 19.1 Å². The van der Waals surface area contributed by atoms with Crippen molar-refractivity contribution in [3.05, 3.63) is 28.2 Å². The highest BCUT2D eigenvalue weighted by Gasteiger charge is 2.30. The fraction of sp³-hybridized carbons (Fsp3) is 0.538. The maximum absolute atomic E-state index is 12.5. The van der Waals surface area contributed by atoms with Crippen molar-refractivity contribution >= 4 is 21.6 Å². The Morgan fingerprint density at radius 3 is 2.74 bits per heavy atom. The van der Waals surface area contributed by atoms with Crippen LogP contribution in [0.1, 0.15) is 24.8 Å². The Morgan fingerprint density at radius 1 is 1.37 bits per heavy atom. The summed E-state index contributed by atoms with van der Waals surface area (Å²) in [5.74, 6) is 0. The second-order valence-electron chi connectivity index (χ2n) is 4.70. The Balaban J connectivity index is 1.90. The van der Waals surface area contributed by atoms with Gasteiger partial charge in [-0.3, -0.25) is 0 Å². The van der Waals surface area contributed by atoms with Gasteiger partial charge in [-0.25, -0.2) is 0 Å². The second kappa shape index (κ2) is 6.13. The van der Waals surface area contributed by atoms with Gasteiger partial charge in [-0.2, -0.15) is 13.2 Å². The molecule has 0 aliphatic carbocycles. The van der Waals surface area contributed by atoms with E-state index in [1.165, 1.54) is 18.9 Å². The number of hydrogen-bond acceptors (Lipinski definition) is 2. The van der Waals surface area contributed by atoms with E-state index >= 15 is 0 Å². The Morgan fingerprint density at radius 2 is 2.16 bits per heavy atom. The third-order valence-corrected chi connectivity index (χ3v) is 3.92. The number of anilines is 1. The maximum atomic E-state index is 12.5. The SMILES string of the molecule is FC(F)(F)c1ccc(NCC[C@H]2CCCN2)c(Br)c1. The fourth-order valence-corrected chi connectivity index (χ4v) is 2.74. The monoisotopic (exact) mass is 336 g/mol. The number of alkyl halides is 3. The van der Waals surface area contributed by atoms with Crippen LogP contribution in [0.2, 0.25) is 0 Å². The molecule has 2 rings (SSSR count). The minimum absolute atomic E-state index is 0.446. The van der Waals surface area contributed by atoms with Crippen molar-refractivity contribution < 1.29 is 13.2 Å². The van der Waals surface area contributed by atoms with Gasteiger partial charge in [-0.15, -0.1) is 0 Å². The third-order valence-electron chi connectivity index (χ3n) is 3.27. The molecule has 0 radical (unpaired) electrons. The van der Waals surface area contributed by atoms with Crippen molar-refractivity contribution in [3.63, 3.8) is 0 Å². The smallest absolute Gasteiger partial charge is 0.384 e. The van der Waals surface area contributed by atoms with E-state index in [1.807, 2.05) is 0 Å². The molecule has 1 aromatic carbocycles. The van der Waals surface area contributed by atoms with Crippen molar-refractivity contribution in [1.29, 1.82) is 0 Å². The van der Waals surface area contributed by atoms with E-state index in [1.54, 1.807) is 0 Å². The first kappa shape index (κ1) is 14.7. The highest BCUT2D eigenvalue weighted by atomic mass is 79.9. The molecule has 2 nitrogen and oxygen atoms in total. The lowest BCUT2D eigenvalue weighted by molar-refractivity contribution is -0.137. The van der Waals surface area contributed by atoms with E-state index in [9.17, 15) is 13.2 Å². The summed E-state index contributed by atoms with van der Waals surface area (Å²) in [5, 5.41) is 6.55. The van der Waals surface area contributed by atoms with Crippen LogP contribution in [0.4, 0.5) is 18.9 Å². The summed E-state index contributed by atoms with van der Waals surface area (Å²) in [6, 6.07) is 4.20. The van der Waals surface area contributed by atoms with E-state index in [2.05, 4.69) is 26.6 Å². The van der Waals surface area contributed by atoms with E-state index in [-0.39, 0.29) is 0 Å². The lowest BCUT2D eigenvalue weighted by Gasteiger charge is -2.14. The number of nitrogens with one attached hydrogen (secondary N) is 2. The molecule has 1 fully saturated rings. The zero-order valence-corrected chi connectivity index (χ0v) is 11.9. The third kappa shape index (κ3) is 4.11. The van der Waals surface area contributed by atoms with Crippen molar-refractivity contribution in [3.8, 4) is 0 Å². The molecule has 0 saturated carbocycles. The van der Waals surface area contributed by atoms with Crippen molar-refractivity contribution in [2.45, 2.75) is 31.5 Å². The molecule has 1 atom stereocenters. The molecule has 0 aromatic heterocycles. The molecule has 1 heterocycles. The van der Waals surface area contributed by atoms with Gasteiger partial charge in [0.25, 0.3) is 0 Å². The van der Waals surface area contributed by atoms with Crippen molar-refractivity contribution in [2.24, 2.45) is 0 Å². The number of hydrogen-bond donors (Lipinski definition) is 2. The summed E-state index contributed by atoms with van der Waals surface area (Å²) in [7, 11) is 0. The Hall–Kier alpha value is -0.750. The second-order valence-corrected chi connectivity index (χ2v) is 5.56. The standard InChI is InChI=1S/C13H16BrF3N2/c14-11-8-9(13(15,16)17)3-4-12(11)19-7-5-10-2-1-6-18-10/h3-4,8,10,18-19H,1-2,5-7H2/t10-/m1/s1.